The van der Waals surface area contributed by atoms with E-state index >= 15 is 0 Å². The second-order valence-corrected chi connectivity index (χ2v) is 1.53. The first-order valence-corrected chi connectivity index (χ1v) is 2.56. The molecule has 0 saturated carbocycles. The lowest BCUT2D eigenvalue weighted by atomic mass is 10.5. The summed E-state index contributed by atoms with van der Waals surface area (Å²) in [4.78, 5) is 4.82. The fourth-order valence-corrected chi connectivity index (χ4v) is 0.406. The van der Waals surface area contributed by atoms with Gasteiger partial charge in [-0.25, -0.2) is 0 Å². The molecule has 0 aromatic carbocycles. The molecule has 0 amide bonds. The molecule has 0 unspecified atom stereocenters. The second-order valence-electron chi connectivity index (χ2n) is 1.53. The summed E-state index contributed by atoms with van der Waals surface area (Å²) < 4.78 is 0. The van der Waals surface area contributed by atoms with E-state index in [1.165, 1.54) is 0 Å². The summed E-state index contributed by atoms with van der Waals surface area (Å²) in [7, 11) is 3.60. The molecular weight excluding hydrogens is 90.1 g/mol. The minimum atomic E-state index is 1.01. The van der Waals surface area contributed by atoms with Crippen LogP contribution in [0.2, 0.25) is 0 Å². The highest BCUT2D eigenvalue weighted by Gasteiger charge is 1.87. The van der Waals surface area contributed by atoms with Gasteiger partial charge in [-0.3, -0.25) is 0 Å². The first kappa shape index (κ1) is 6.92. The number of hydrogen-bond donors (Lipinski definition) is 0. The second kappa shape index (κ2) is 4.09. The van der Waals surface area contributed by atoms with Crippen molar-refractivity contribution in [3.8, 4) is 0 Å². The van der Waals surface area contributed by atoms with E-state index in [2.05, 4.69) is 6.92 Å². The van der Waals surface area contributed by atoms with Crippen molar-refractivity contribution in [2.45, 2.75) is 13.3 Å². The molecule has 0 spiro atoms. The van der Waals surface area contributed by atoms with E-state index in [1.807, 2.05) is 7.05 Å². The molecule has 0 radical (unpaired) electrons. The van der Waals surface area contributed by atoms with Gasteiger partial charge in [0.05, 0.1) is 7.11 Å². The third kappa shape index (κ3) is 3.76. The smallest absolute Gasteiger partial charge is 0.0575 e. The Morgan fingerprint density at radius 3 is 2.29 bits per heavy atom. The van der Waals surface area contributed by atoms with Crippen LogP contribution in [0.1, 0.15) is 13.3 Å². The molecule has 0 aliphatic heterocycles. The van der Waals surface area contributed by atoms with Gasteiger partial charge in [-0.1, -0.05) is 6.92 Å². The van der Waals surface area contributed by atoms with Crippen LogP contribution in [0.4, 0.5) is 0 Å². The third-order valence-corrected chi connectivity index (χ3v) is 0.850. The molecule has 0 aromatic heterocycles. The maximum Gasteiger partial charge on any atom is 0.0575 e. The summed E-state index contributed by atoms with van der Waals surface area (Å²) in [6, 6.07) is 0. The first-order valence-electron chi connectivity index (χ1n) is 2.56. The minimum Gasteiger partial charge on any atom is -0.303 e. The molecular formula is C5H13NO. The van der Waals surface area contributed by atoms with Crippen molar-refractivity contribution in [3.05, 3.63) is 0 Å². The van der Waals surface area contributed by atoms with E-state index in [1.54, 1.807) is 12.2 Å². The summed E-state index contributed by atoms with van der Waals surface area (Å²) in [5.41, 5.74) is 0. The molecule has 2 heteroatoms. The van der Waals surface area contributed by atoms with E-state index in [0.717, 1.165) is 13.0 Å². The molecule has 44 valence electrons. The van der Waals surface area contributed by atoms with Crippen molar-refractivity contribution >= 4 is 0 Å². The summed E-state index contributed by atoms with van der Waals surface area (Å²) in [6.07, 6.45) is 1.14. The van der Waals surface area contributed by atoms with Crippen molar-refractivity contribution in [3.63, 3.8) is 0 Å². The molecule has 0 aliphatic carbocycles. The van der Waals surface area contributed by atoms with Crippen LogP contribution in [0.3, 0.4) is 0 Å². The van der Waals surface area contributed by atoms with E-state index < -0.39 is 0 Å². The highest BCUT2D eigenvalue weighted by Crippen LogP contribution is 1.82. The maximum absolute atomic E-state index is 4.82. The van der Waals surface area contributed by atoms with Gasteiger partial charge in [0.1, 0.15) is 0 Å². The average Bonchev–Trinajstić information content (AvgIpc) is 1.68. The van der Waals surface area contributed by atoms with E-state index in [-0.39, 0.29) is 0 Å². The highest BCUT2D eigenvalue weighted by atomic mass is 16.7. The molecule has 0 N–H and O–H groups in total. The Hall–Kier alpha value is -0.0800. The molecule has 0 bridgehead atoms. The van der Waals surface area contributed by atoms with Gasteiger partial charge in [-0.05, 0) is 6.42 Å². The normalized spacial score (nSPS) is 10.3. The zero-order valence-corrected chi connectivity index (χ0v) is 5.27. The molecule has 0 aromatic rings. The van der Waals surface area contributed by atoms with Crippen LogP contribution in [0.5, 0.6) is 0 Å². The first-order chi connectivity index (χ1) is 3.31. The Bertz CT molecular complexity index is 39.1. The fourth-order valence-electron chi connectivity index (χ4n) is 0.406. The summed E-state index contributed by atoms with van der Waals surface area (Å²) in [5, 5.41) is 1.81. The monoisotopic (exact) mass is 103 g/mol. The summed E-state index contributed by atoms with van der Waals surface area (Å²) in [5.74, 6) is 0. The lowest BCUT2D eigenvalue weighted by Gasteiger charge is -2.09. The van der Waals surface area contributed by atoms with Crippen molar-refractivity contribution in [2.24, 2.45) is 0 Å². The van der Waals surface area contributed by atoms with Gasteiger partial charge in [0.2, 0.25) is 0 Å². The van der Waals surface area contributed by atoms with Gasteiger partial charge in [0.25, 0.3) is 0 Å². The summed E-state index contributed by atoms with van der Waals surface area (Å²) >= 11 is 0. The molecule has 0 saturated heterocycles. The Kier molecular flexibility index (Phi) is 4.04. The predicted molar refractivity (Wildman–Crippen MR) is 29.9 cm³/mol. The lowest BCUT2D eigenvalue weighted by molar-refractivity contribution is -0.108. The molecule has 7 heavy (non-hydrogen) atoms. The highest BCUT2D eigenvalue weighted by molar-refractivity contribution is 4.29. The number of nitrogens with zero attached hydrogens (tertiary/aromatic N) is 1. The Labute approximate surface area is 45.0 Å². The molecule has 2 nitrogen and oxygen atoms in total. The average molecular weight is 103 g/mol. The van der Waals surface area contributed by atoms with Crippen LogP contribution in [0, 0.1) is 0 Å². The zero-order chi connectivity index (χ0) is 5.70. The van der Waals surface area contributed by atoms with Crippen molar-refractivity contribution in [2.75, 3.05) is 20.7 Å². The topological polar surface area (TPSA) is 12.5 Å². The van der Waals surface area contributed by atoms with E-state index in [0.29, 0.717) is 0 Å². The number of rotatable bonds is 3. The van der Waals surface area contributed by atoms with Gasteiger partial charge in [-0.15, -0.1) is 0 Å². The molecule has 0 aliphatic rings. The molecule has 0 rings (SSSR count). The molecule has 0 atom stereocenters. The van der Waals surface area contributed by atoms with Crippen LogP contribution in [0.25, 0.3) is 0 Å². The summed E-state index contributed by atoms with van der Waals surface area (Å²) in [6.45, 7) is 3.13. The SMILES string of the molecule is CCCN(C)OC. The molecule has 0 heterocycles. The van der Waals surface area contributed by atoms with Gasteiger partial charge >= 0.3 is 0 Å². The zero-order valence-electron chi connectivity index (χ0n) is 5.27. The molecule has 0 fully saturated rings. The number of hydrogen-bond acceptors (Lipinski definition) is 2. The predicted octanol–water partition coefficient (Wildman–Crippen LogP) is 0.890. The van der Waals surface area contributed by atoms with E-state index in [9.17, 15) is 0 Å². The van der Waals surface area contributed by atoms with Crippen LogP contribution in [-0.4, -0.2) is 25.8 Å². The Morgan fingerprint density at radius 1 is 1.57 bits per heavy atom. The van der Waals surface area contributed by atoms with Crippen molar-refractivity contribution < 1.29 is 4.84 Å². The van der Waals surface area contributed by atoms with Gasteiger partial charge in [-0.2, -0.15) is 5.06 Å². The Morgan fingerprint density at radius 2 is 2.14 bits per heavy atom. The maximum atomic E-state index is 4.82. The Balaban J connectivity index is 2.83. The van der Waals surface area contributed by atoms with Crippen LogP contribution >= 0.6 is 0 Å². The standard InChI is InChI=1S/C5H13NO/c1-4-5-6(2)7-3/h4-5H2,1-3H3. The quantitative estimate of drug-likeness (QED) is 0.492. The lowest BCUT2D eigenvalue weighted by Crippen LogP contribution is -2.16. The van der Waals surface area contributed by atoms with E-state index in [4.69, 9.17) is 4.84 Å². The van der Waals surface area contributed by atoms with Crippen LogP contribution in [-0.2, 0) is 4.84 Å². The van der Waals surface area contributed by atoms with Crippen molar-refractivity contribution in [1.82, 2.24) is 5.06 Å². The number of hydroxylamine groups is 2. The van der Waals surface area contributed by atoms with Gasteiger partial charge in [0, 0.05) is 13.6 Å². The minimum absolute atomic E-state index is 1.01. The largest absolute Gasteiger partial charge is 0.303 e. The van der Waals surface area contributed by atoms with Gasteiger partial charge in [0.15, 0.2) is 0 Å². The third-order valence-electron chi connectivity index (χ3n) is 0.850. The van der Waals surface area contributed by atoms with Gasteiger partial charge < -0.3 is 4.84 Å². The van der Waals surface area contributed by atoms with Crippen molar-refractivity contribution in [1.29, 1.82) is 0 Å². The van der Waals surface area contributed by atoms with Crippen LogP contribution < -0.4 is 0 Å². The van der Waals surface area contributed by atoms with Crippen LogP contribution in [0.15, 0.2) is 0 Å². The fraction of sp³-hybridized carbons (Fsp3) is 1.00.